The highest BCUT2D eigenvalue weighted by Gasteiger charge is 2.39. The first kappa shape index (κ1) is 11.5. The molecule has 1 aromatic rings. The van der Waals surface area contributed by atoms with Crippen LogP contribution in [0.3, 0.4) is 0 Å². The Morgan fingerprint density at radius 3 is 3.00 bits per heavy atom. The van der Waals surface area contributed by atoms with E-state index in [1.807, 2.05) is 12.1 Å². The fraction of sp³-hybridized carbons (Fsp3) is 0.538. The maximum atomic E-state index is 6.27. The molecule has 1 saturated carbocycles. The smallest absolute Gasteiger partial charge is 0.0408 e. The molecule has 4 atom stereocenters. The van der Waals surface area contributed by atoms with Gasteiger partial charge in [0.05, 0.1) is 0 Å². The van der Waals surface area contributed by atoms with E-state index >= 15 is 0 Å². The van der Waals surface area contributed by atoms with Crippen LogP contribution in [-0.2, 0) is 0 Å². The molecule has 0 bridgehead atoms. The minimum atomic E-state index is 0.278. The van der Waals surface area contributed by atoms with Crippen molar-refractivity contribution < 1.29 is 0 Å². The second-order valence-electron chi connectivity index (χ2n) is 5.18. The van der Waals surface area contributed by atoms with Gasteiger partial charge >= 0.3 is 0 Å². The molecule has 1 aliphatic carbocycles. The predicted molar refractivity (Wildman–Crippen MR) is 69.8 cm³/mol. The van der Waals surface area contributed by atoms with E-state index in [9.17, 15) is 0 Å². The molecule has 1 aromatic carbocycles. The molecule has 2 aliphatic rings. The second kappa shape index (κ2) is 4.58. The van der Waals surface area contributed by atoms with E-state index in [0.29, 0.717) is 17.9 Å². The van der Waals surface area contributed by atoms with Crippen LogP contribution in [0, 0.1) is 5.92 Å². The van der Waals surface area contributed by atoms with Crippen molar-refractivity contribution in [1.29, 1.82) is 0 Å². The molecule has 1 aliphatic heterocycles. The molecule has 2 fully saturated rings. The topological polar surface area (TPSA) is 50.1 Å². The van der Waals surface area contributed by atoms with Gasteiger partial charge in [-0.05, 0) is 36.5 Å². The zero-order chi connectivity index (χ0) is 11.8. The zero-order valence-electron chi connectivity index (χ0n) is 9.70. The summed E-state index contributed by atoms with van der Waals surface area (Å²) in [6, 6.07) is 8.96. The van der Waals surface area contributed by atoms with E-state index in [4.69, 9.17) is 17.3 Å². The van der Waals surface area contributed by atoms with Gasteiger partial charge in [0.25, 0.3) is 0 Å². The summed E-state index contributed by atoms with van der Waals surface area (Å²) in [4.78, 5) is 0. The Labute approximate surface area is 107 Å². The number of hydrogen-bond acceptors (Lipinski definition) is 3. The first-order chi connectivity index (χ1) is 8.24. The zero-order valence-corrected chi connectivity index (χ0v) is 10.5. The Morgan fingerprint density at radius 1 is 1.29 bits per heavy atom. The Hall–Kier alpha value is -0.610. The lowest BCUT2D eigenvalue weighted by molar-refractivity contribution is 0.265. The lowest BCUT2D eigenvalue weighted by Crippen LogP contribution is -2.46. The summed E-state index contributed by atoms with van der Waals surface area (Å²) in [7, 11) is 0. The van der Waals surface area contributed by atoms with Gasteiger partial charge in [-0.2, -0.15) is 0 Å². The average molecular weight is 252 g/mol. The predicted octanol–water partition coefficient (Wildman–Crippen LogP) is 1.64. The Kier molecular flexibility index (Phi) is 3.09. The Bertz CT molecular complexity index is 409. The number of hydrogen-bond donors (Lipinski definition) is 3. The van der Waals surface area contributed by atoms with Crippen LogP contribution in [-0.4, -0.2) is 18.6 Å². The molecule has 17 heavy (non-hydrogen) atoms. The average Bonchev–Trinajstić information content (AvgIpc) is 2.77. The second-order valence-corrected chi connectivity index (χ2v) is 5.62. The molecule has 1 heterocycles. The van der Waals surface area contributed by atoms with Gasteiger partial charge in [-0.3, -0.25) is 10.9 Å². The lowest BCUT2D eigenvalue weighted by atomic mass is 9.74. The number of benzene rings is 1. The number of halogens is 1. The molecule has 3 nitrogen and oxygen atoms in total. The van der Waals surface area contributed by atoms with Gasteiger partial charge in [0, 0.05) is 29.6 Å². The number of nitrogens with two attached hydrogens (primary N) is 1. The van der Waals surface area contributed by atoms with Gasteiger partial charge in [0.2, 0.25) is 0 Å². The highest BCUT2D eigenvalue weighted by molar-refractivity contribution is 6.30. The van der Waals surface area contributed by atoms with E-state index in [2.05, 4.69) is 23.0 Å². The van der Waals surface area contributed by atoms with Crippen molar-refractivity contribution >= 4 is 11.6 Å². The van der Waals surface area contributed by atoms with Crippen LogP contribution in [0.5, 0.6) is 0 Å². The molecule has 1 saturated heterocycles. The van der Waals surface area contributed by atoms with Gasteiger partial charge in [0.1, 0.15) is 0 Å². The molecule has 0 spiro atoms. The SMILES string of the molecule is NC1CC(c2cccc(Cl)c2)CC2NNCC12. The van der Waals surface area contributed by atoms with Crippen molar-refractivity contribution in [3.63, 3.8) is 0 Å². The van der Waals surface area contributed by atoms with Crippen LogP contribution >= 0.6 is 11.6 Å². The molecule has 0 radical (unpaired) electrons. The van der Waals surface area contributed by atoms with Crippen molar-refractivity contribution in [3.05, 3.63) is 34.9 Å². The van der Waals surface area contributed by atoms with Crippen LogP contribution < -0.4 is 16.6 Å². The largest absolute Gasteiger partial charge is 0.327 e. The molecular formula is C13H18ClN3. The summed E-state index contributed by atoms with van der Waals surface area (Å²) in [5, 5.41) is 0.815. The van der Waals surface area contributed by atoms with Gasteiger partial charge < -0.3 is 5.73 Å². The molecule has 4 N–H and O–H groups in total. The Morgan fingerprint density at radius 2 is 2.18 bits per heavy atom. The van der Waals surface area contributed by atoms with Crippen LogP contribution in [0.2, 0.25) is 5.02 Å². The van der Waals surface area contributed by atoms with Crippen molar-refractivity contribution in [1.82, 2.24) is 10.9 Å². The van der Waals surface area contributed by atoms with Gasteiger partial charge in [-0.15, -0.1) is 0 Å². The van der Waals surface area contributed by atoms with E-state index in [1.165, 1.54) is 5.56 Å². The highest BCUT2D eigenvalue weighted by atomic mass is 35.5. The molecule has 0 aromatic heterocycles. The standard InChI is InChI=1S/C13H18ClN3/c14-10-3-1-2-8(4-10)9-5-12(15)11-7-16-17-13(11)6-9/h1-4,9,11-13,16-17H,5-7,15H2. The normalized spacial score (nSPS) is 36.8. The Balaban J connectivity index is 1.81. The van der Waals surface area contributed by atoms with Crippen LogP contribution in [0.4, 0.5) is 0 Å². The van der Waals surface area contributed by atoms with Crippen LogP contribution in [0.15, 0.2) is 24.3 Å². The minimum absolute atomic E-state index is 0.278. The first-order valence-electron chi connectivity index (χ1n) is 6.23. The summed E-state index contributed by atoms with van der Waals surface area (Å²) in [6.07, 6.45) is 2.20. The third-order valence-corrected chi connectivity index (χ3v) is 4.34. The molecule has 4 unspecified atom stereocenters. The van der Waals surface area contributed by atoms with E-state index in [0.717, 1.165) is 24.4 Å². The lowest BCUT2D eigenvalue weighted by Gasteiger charge is -2.36. The fourth-order valence-corrected chi connectivity index (χ4v) is 3.38. The maximum absolute atomic E-state index is 6.27. The van der Waals surface area contributed by atoms with E-state index < -0.39 is 0 Å². The maximum Gasteiger partial charge on any atom is 0.0408 e. The highest BCUT2D eigenvalue weighted by Crippen LogP contribution is 2.37. The minimum Gasteiger partial charge on any atom is -0.327 e. The molecule has 4 heteroatoms. The summed E-state index contributed by atoms with van der Waals surface area (Å²) in [6.45, 7) is 0.994. The van der Waals surface area contributed by atoms with Crippen molar-refractivity contribution in [2.75, 3.05) is 6.54 Å². The number of fused-ring (bicyclic) bond motifs is 1. The quantitative estimate of drug-likeness (QED) is 0.711. The van der Waals surface area contributed by atoms with E-state index in [1.54, 1.807) is 0 Å². The summed E-state index contributed by atoms with van der Waals surface area (Å²) < 4.78 is 0. The third kappa shape index (κ3) is 2.20. The van der Waals surface area contributed by atoms with Crippen LogP contribution in [0.25, 0.3) is 0 Å². The number of hydrazine groups is 1. The van der Waals surface area contributed by atoms with Gasteiger partial charge in [-0.1, -0.05) is 23.7 Å². The fourth-order valence-electron chi connectivity index (χ4n) is 3.18. The van der Waals surface area contributed by atoms with Crippen molar-refractivity contribution in [2.45, 2.75) is 30.8 Å². The third-order valence-electron chi connectivity index (χ3n) is 4.11. The van der Waals surface area contributed by atoms with E-state index in [-0.39, 0.29) is 6.04 Å². The van der Waals surface area contributed by atoms with Crippen molar-refractivity contribution in [3.8, 4) is 0 Å². The number of rotatable bonds is 1. The van der Waals surface area contributed by atoms with Crippen molar-refractivity contribution in [2.24, 2.45) is 11.7 Å². The number of nitrogens with one attached hydrogen (secondary N) is 2. The summed E-state index contributed by atoms with van der Waals surface area (Å²) in [5.74, 6) is 1.10. The molecular weight excluding hydrogens is 234 g/mol. The van der Waals surface area contributed by atoms with Gasteiger partial charge in [0.15, 0.2) is 0 Å². The molecule has 92 valence electrons. The first-order valence-corrected chi connectivity index (χ1v) is 6.61. The summed E-state index contributed by atoms with van der Waals surface area (Å²) in [5.41, 5.74) is 14.2. The summed E-state index contributed by atoms with van der Waals surface area (Å²) >= 11 is 6.05. The van der Waals surface area contributed by atoms with Crippen LogP contribution in [0.1, 0.15) is 24.3 Å². The van der Waals surface area contributed by atoms with Gasteiger partial charge in [-0.25, -0.2) is 0 Å². The monoisotopic (exact) mass is 251 g/mol. The molecule has 0 amide bonds. The molecule has 3 rings (SSSR count).